The maximum atomic E-state index is 5.82. The summed E-state index contributed by atoms with van der Waals surface area (Å²) in [4.78, 5) is 0. The SMILES string of the molecule is CCCCCCCCCCCCOc1ccc(CN(N)CC)cc1. The molecule has 1 aromatic carbocycles. The Hall–Kier alpha value is -1.06. The lowest BCUT2D eigenvalue weighted by Crippen LogP contribution is -2.29. The molecule has 0 unspecified atom stereocenters. The highest BCUT2D eigenvalue weighted by Gasteiger charge is 1.99. The Labute approximate surface area is 149 Å². The number of hydrazine groups is 1. The van der Waals surface area contributed by atoms with Gasteiger partial charge in [-0.05, 0) is 24.1 Å². The highest BCUT2D eigenvalue weighted by molar-refractivity contribution is 5.27. The van der Waals surface area contributed by atoms with Gasteiger partial charge in [0.25, 0.3) is 0 Å². The molecule has 138 valence electrons. The summed E-state index contributed by atoms with van der Waals surface area (Å²) in [6, 6.07) is 8.30. The van der Waals surface area contributed by atoms with Crippen LogP contribution >= 0.6 is 0 Å². The first kappa shape index (κ1) is 21.0. The smallest absolute Gasteiger partial charge is 0.119 e. The lowest BCUT2D eigenvalue weighted by atomic mass is 10.1. The average Bonchev–Trinajstić information content (AvgIpc) is 2.61. The molecule has 3 heteroatoms. The molecule has 24 heavy (non-hydrogen) atoms. The molecule has 0 aliphatic heterocycles. The number of rotatable bonds is 15. The predicted molar refractivity (Wildman–Crippen MR) is 104 cm³/mol. The van der Waals surface area contributed by atoms with Gasteiger partial charge >= 0.3 is 0 Å². The zero-order chi connectivity index (χ0) is 17.5. The van der Waals surface area contributed by atoms with Gasteiger partial charge in [-0.2, -0.15) is 0 Å². The highest BCUT2D eigenvalue weighted by Crippen LogP contribution is 2.14. The first-order valence-electron chi connectivity index (χ1n) is 9.97. The summed E-state index contributed by atoms with van der Waals surface area (Å²) in [7, 11) is 0. The highest BCUT2D eigenvalue weighted by atomic mass is 16.5. The molecule has 2 N–H and O–H groups in total. The van der Waals surface area contributed by atoms with Crippen molar-refractivity contribution < 1.29 is 4.74 Å². The van der Waals surface area contributed by atoms with Gasteiger partial charge < -0.3 is 4.74 Å². The van der Waals surface area contributed by atoms with Gasteiger partial charge in [0, 0.05) is 13.1 Å². The number of unbranched alkanes of at least 4 members (excludes halogenated alkanes) is 9. The Morgan fingerprint density at radius 1 is 0.792 bits per heavy atom. The molecule has 0 radical (unpaired) electrons. The van der Waals surface area contributed by atoms with Crippen LogP contribution in [0.25, 0.3) is 0 Å². The molecule has 0 aliphatic carbocycles. The third-order valence-electron chi connectivity index (χ3n) is 4.48. The van der Waals surface area contributed by atoms with E-state index in [-0.39, 0.29) is 0 Å². The number of benzene rings is 1. The molecule has 0 amide bonds. The molecule has 0 saturated heterocycles. The second-order valence-electron chi connectivity index (χ2n) is 6.74. The van der Waals surface area contributed by atoms with Crippen molar-refractivity contribution in [2.45, 2.75) is 84.6 Å². The van der Waals surface area contributed by atoms with Gasteiger partial charge in [-0.1, -0.05) is 83.8 Å². The topological polar surface area (TPSA) is 38.5 Å². The monoisotopic (exact) mass is 334 g/mol. The van der Waals surface area contributed by atoms with Crippen LogP contribution in [0.1, 0.15) is 83.6 Å². The number of nitrogens with two attached hydrogens (primary N) is 1. The summed E-state index contributed by atoms with van der Waals surface area (Å²) < 4.78 is 5.82. The molecule has 0 aromatic heterocycles. The number of nitrogens with zero attached hydrogens (tertiary/aromatic N) is 1. The Kier molecular flexibility index (Phi) is 12.5. The summed E-state index contributed by atoms with van der Waals surface area (Å²) in [5, 5.41) is 1.81. The minimum absolute atomic E-state index is 0.787. The summed E-state index contributed by atoms with van der Waals surface area (Å²) in [5.74, 6) is 6.79. The van der Waals surface area contributed by atoms with Crippen LogP contribution in [0.3, 0.4) is 0 Å². The first-order chi connectivity index (χ1) is 11.8. The van der Waals surface area contributed by atoms with Crippen molar-refractivity contribution in [1.82, 2.24) is 5.01 Å². The fraction of sp³-hybridized carbons (Fsp3) is 0.714. The molecule has 0 spiro atoms. The Morgan fingerprint density at radius 2 is 1.33 bits per heavy atom. The van der Waals surface area contributed by atoms with Gasteiger partial charge in [0.2, 0.25) is 0 Å². The number of hydrogen-bond donors (Lipinski definition) is 1. The first-order valence-corrected chi connectivity index (χ1v) is 9.97. The molecule has 1 aromatic rings. The lowest BCUT2D eigenvalue weighted by molar-refractivity contribution is 0.289. The van der Waals surface area contributed by atoms with E-state index >= 15 is 0 Å². The summed E-state index contributed by atoms with van der Waals surface area (Å²) in [5.41, 5.74) is 1.23. The molecule has 3 nitrogen and oxygen atoms in total. The van der Waals surface area contributed by atoms with Crippen molar-refractivity contribution in [2.75, 3.05) is 13.2 Å². The minimum atomic E-state index is 0.787. The molecule has 0 aliphatic rings. The van der Waals surface area contributed by atoms with Crippen LogP contribution in [0.5, 0.6) is 5.75 Å². The number of ether oxygens (including phenoxy) is 1. The normalized spacial score (nSPS) is 11.2. The fourth-order valence-corrected chi connectivity index (χ4v) is 2.82. The van der Waals surface area contributed by atoms with Crippen molar-refractivity contribution >= 4 is 0 Å². The third-order valence-corrected chi connectivity index (χ3v) is 4.48. The van der Waals surface area contributed by atoms with Gasteiger partial charge in [0.1, 0.15) is 5.75 Å². The second kappa shape index (κ2) is 14.3. The second-order valence-corrected chi connectivity index (χ2v) is 6.74. The minimum Gasteiger partial charge on any atom is -0.494 e. The van der Waals surface area contributed by atoms with Crippen LogP contribution in [0, 0.1) is 0 Å². The van der Waals surface area contributed by atoms with Gasteiger partial charge in [-0.15, -0.1) is 0 Å². The van der Waals surface area contributed by atoms with E-state index in [1.807, 2.05) is 0 Å². The van der Waals surface area contributed by atoms with E-state index in [1.165, 1.54) is 63.4 Å². The van der Waals surface area contributed by atoms with Crippen molar-refractivity contribution in [2.24, 2.45) is 5.84 Å². The van der Waals surface area contributed by atoms with Crippen molar-refractivity contribution in [3.63, 3.8) is 0 Å². The molecule has 1 rings (SSSR count). The van der Waals surface area contributed by atoms with Crippen LogP contribution in [-0.2, 0) is 6.54 Å². The Balaban J connectivity index is 1.97. The third kappa shape index (κ3) is 10.7. The molecular formula is C21H38N2O. The van der Waals surface area contributed by atoms with E-state index in [0.29, 0.717) is 0 Å². The molecule has 0 heterocycles. The van der Waals surface area contributed by atoms with Gasteiger partial charge in [-0.3, -0.25) is 5.84 Å². The van der Waals surface area contributed by atoms with E-state index in [0.717, 1.165) is 31.9 Å². The van der Waals surface area contributed by atoms with Crippen LogP contribution in [0.2, 0.25) is 0 Å². The van der Waals surface area contributed by atoms with Gasteiger partial charge in [0.15, 0.2) is 0 Å². The molecule has 0 atom stereocenters. The van der Waals surface area contributed by atoms with Gasteiger partial charge in [-0.25, -0.2) is 5.01 Å². The summed E-state index contributed by atoms with van der Waals surface area (Å²) in [6.07, 6.45) is 13.6. The van der Waals surface area contributed by atoms with E-state index in [9.17, 15) is 0 Å². The predicted octanol–water partition coefficient (Wildman–Crippen LogP) is 5.68. The largest absolute Gasteiger partial charge is 0.494 e. The molecular weight excluding hydrogens is 296 g/mol. The van der Waals surface area contributed by atoms with E-state index < -0.39 is 0 Å². The molecule has 0 fully saturated rings. The van der Waals surface area contributed by atoms with Crippen LogP contribution < -0.4 is 10.6 Å². The number of hydrogen-bond acceptors (Lipinski definition) is 3. The van der Waals surface area contributed by atoms with E-state index in [4.69, 9.17) is 10.6 Å². The fourth-order valence-electron chi connectivity index (χ4n) is 2.82. The molecule has 0 bridgehead atoms. The standard InChI is InChI=1S/C21H38N2O/c1-3-5-6-7-8-9-10-11-12-13-18-24-21-16-14-20(15-17-21)19-23(22)4-2/h14-17H,3-13,18-19,22H2,1-2H3. The summed E-state index contributed by atoms with van der Waals surface area (Å²) >= 11 is 0. The van der Waals surface area contributed by atoms with Crippen LogP contribution in [-0.4, -0.2) is 18.2 Å². The zero-order valence-electron chi connectivity index (χ0n) is 15.9. The molecule has 0 saturated carbocycles. The van der Waals surface area contributed by atoms with Crippen LogP contribution in [0.4, 0.5) is 0 Å². The lowest BCUT2D eigenvalue weighted by Gasteiger charge is -2.13. The van der Waals surface area contributed by atoms with Crippen molar-refractivity contribution in [3.8, 4) is 5.75 Å². The van der Waals surface area contributed by atoms with E-state index in [1.54, 1.807) is 5.01 Å². The maximum absolute atomic E-state index is 5.82. The van der Waals surface area contributed by atoms with Crippen LogP contribution in [0.15, 0.2) is 24.3 Å². The van der Waals surface area contributed by atoms with E-state index in [2.05, 4.69) is 38.1 Å². The summed E-state index contributed by atoms with van der Waals surface area (Å²) in [6.45, 7) is 6.81. The average molecular weight is 335 g/mol. The Bertz CT molecular complexity index is 391. The maximum Gasteiger partial charge on any atom is 0.119 e. The van der Waals surface area contributed by atoms with Gasteiger partial charge in [0.05, 0.1) is 6.61 Å². The quantitative estimate of drug-likeness (QED) is 0.255. The Morgan fingerprint density at radius 3 is 1.88 bits per heavy atom. The van der Waals surface area contributed by atoms with Crippen molar-refractivity contribution in [3.05, 3.63) is 29.8 Å². The van der Waals surface area contributed by atoms with Crippen molar-refractivity contribution in [1.29, 1.82) is 0 Å². The zero-order valence-corrected chi connectivity index (χ0v) is 15.9.